The Kier molecular flexibility index (Phi) is 4.52. The van der Waals surface area contributed by atoms with Crippen LogP contribution in [0.2, 0.25) is 5.02 Å². The molecule has 0 saturated carbocycles. The lowest BCUT2D eigenvalue weighted by Gasteiger charge is -2.19. The lowest BCUT2D eigenvalue weighted by molar-refractivity contribution is 0.553. The fourth-order valence-electron chi connectivity index (χ4n) is 2.08. The number of nitrogens with zero attached hydrogens (tertiary/aromatic N) is 1. The molecule has 108 valence electrons. The van der Waals surface area contributed by atoms with Gasteiger partial charge in [-0.1, -0.05) is 37.6 Å². The standard InChI is InChI=1S/C16H21ClN2S/c1-10(2)14-15(16(3,4)18)20-13(19-14)9-11-5-7-12(17)8-6-11/h5-8,10H,9,18H2,1-4H3. The molecular weight excluding hydrogens is 288 g/mol. The van der Waals surface area contributed by atoms with Crippen molar-refractivity contribution in [2.75, 3.05) is 0 Å². The highest BCUT2D eigenvalue weighted by Crippen LogP contribution is 2.33. The van der Waals surface area contributed by atoms with E-state index in [1.807, 2.05) is 38.1 Å². The maximum atomic E-state index is 6.27. The van der Waals surface area contributed by atoms with E-state index >= 15 is 0 Å². The average Bonchev–Trinajstić information content (AvgIpc) is 2.76. The minimum absolute atomic E-state index is 0.338. The van der Waals surface area contributed by atoms with Gasteiger partial charge in [-0.05, 0) is 37.5 Å². The number of aromatic nitrogens is 1. The molecule has 0 aliphatic heterocycles. The fourth-order valence-corrected chi connectivity index (χ4v) is 3.48. The van der Waals surface area contributed by atoms with Gasteiger partial charge in [0.1, 0.15) is 0 Å². The maximum Gasteiger partial charge on any atom is 0.0975 e. The number of hydrogen-bond donors (Lipinski definition) is 1. The summed E-state index contributed by atoms with van der Waals surface area (Å²) in [5.41, 5.74) is 8.29. The normalized spacial score (nSPS) is 12.2. The van der Waals surface area contributed by atoms with E-state index < -0.39 is 0 Å². The zero-order chi connectivity index (χ0) is 14.9. The van der Waals surface area contributed by atoms with E-state index in [2.05, 4.69) is 13.8 Å². The highest BCUT2D eigenvalue weighted by Gasteiger charge is 2.24. The highest BCUT2D eigenvalue weighted by atomic mass is 35.5. The second-order valence-electron chi connectivity index (χ2n) is 6.00. The van der Waals surface area contributed by atoms with Gasteiger partial charge in [-0.3, -0.25) is 0 Å². The smallest absolute Gasteiger partial charge is 0.0975 e. The summed E-state index contributed by atoms with van der Waals surface area (Å²) < 4.78 is 0. The van der Waals surface area contributed by atoms with E-state index in [0.717, 1.165) is 22.1 Å². The van der Waals surface area contributed by atoms with Crippen molar-refractivity contribution >= 4 is 22.9 Å². The predicted octanol–water partition coefficient (Wildman–Crippen LogP) is 4.70. The zero-order valence-electron chi connectivity index (χ0n) is 12.4. The molecule has 0 radical (unpaired) electrons. The molecule has 1 heterocycles. The Bertz CT molecular complexity index is 580. The van der Waals surface area contributed by atoms with Gasteiger partial charge in [0, 0.05) is 21.9 Å². The van der Waals surface area contributed by atoms with Crippen LogP contribution in [0.4, 0.5) is 0 Å². The summed E-state index contributed by atoms with van der Waals surface area (Å²) in [7, 11) is 0. The van der Waals surface area contributed by atoms with Crippen LogP contribution in [0, 0.1) is 0 Å². The summed E-state index contributed by atoms with van der Waals surface area (Å²) in [6, 6.07) is 7.93. The Balaban J connectivity index is 2.31. The van der Waals surface area contributed by atoms with Gasteiger partial charge in [-0.15, -0.1) is 11.3 Å². The number of rotatable bonds is 4. The summed E-state index contributed by atoms with van der Waals surface area (Å²) in [6.45, 7) is 8.41. The average molecular weight is 309 g/mol. The monoisotopic (exact) mass is 308 g/mol. The molecular formula is C16H21ClN2S. The van der Waals surface area contributed by atoms with Crippen molar-refractivity contribution in [1.82, 2.24) is 4.98 Å². The lowest BCUT2D eigenvalue weighted by Crippen LogP contribution is -2.28. The third kappa shape index (κ3) is 3.60. The van der Waals surface area contributed by atoms with Crippen LogP contribution in [-0.2, 0) is 12.0 Å². The zero-order valence-corrected chi connectivity index (χ0v) is 14.0. The van der Waals surface area contributed by atoms with Crippen LogP contribution < -0.4 is 5.73 Å². The molecule has 0 fully saturated rings. The third-order valence-corrected chi connectivity index (χ3v) is 4.76. The molecule has 0 amide bonds. The van der Waals surface area contributed by atoms with Crippen LogP contribution in [0.3, 0.4) is 0 Å². The molecule has 0 atom stereocenters. The van der Waals surface area contributed by atoms with Gasteiger partial charge in [0.25, 0.3) is 0 Å². The second kappa shape index (κ2) is 5.84. The van der Waals surface area contributed by atoms with Gasteiger partial charge in [0.05, 0.1) is 10.7 Å². The van der Waals surface area contributed by atoms with Crippen molar-refractivity contribution in [2.24, 2.45) is 5.73 Å². The van der Waals surface area contributed by atoms with Crippen LogP contribution in [-0.4, -0.2) is 4.98 Å². The largest absolute Gasteiger partial charge is 0.321 e. The molecule has 0 spiro atoms. The van der Waals surface area contributed by atoms with E-state index in [1.165, 1.54) is 10.4 Å². The number of nitrogens with two attached hydrogens (primary N) is 1. The molecule has 1 aromatic carbocycles. The summed E-state index contributed by atoms with van der Waals surface area (Å²) >= 11 is 7.64. The van der Waals surface area contributed by atoms with E-state index in [-0.39, 0.29) is 5.54 Å². The Hall–Kier alpha value is -0.900. The Morgan fingerprint density at radius 2 is 1.85 bits per heavy atom. The fraction of sp³-hybridized carbons (Fsp3) is 0.438. The van der Waals surface area contributed by atoms with Gasteiger partial charge in [-0.25, -0.2) is 4.98 Å². The minimum Gasteiger partial charge on any atom is -0.321 e. The van der Waals surface area contributed by atoms with Gasteiger partial charge >= 0.3 is 0 Å². The first-order valence-corrected chi connectivity index (χ1v) is 8.00. The Morgan fingerprint density at radius 3 is 2.30 bits per heavy atom. The van der Waals surface area contributed by atoms with Crippen LogP contribution in [0.1, 0.15) is 54.8 Å². The van der Waals surface area contributed by atoms with Crippen LogP contribution in [0.15, 0.2) is 24.3 Å². The molecule has 1 aromatic heterocycles. The lowest BCUT2D eigenvalue weighted by atomic mass is 9.98. The number of halogens is 1. The maximum absolute atomic E-state index is 6.27. The van der Waals surface area contributed by atoms with Crippen molar-refractivity contribution < 1.29 is 0 Å². The summed E-state index contributed by atoms with van der Waals surface area (Å²) in [5.74, 6) is 0.392. The molecule has 2 rings (SSSR count). The minimum atomic E-state index is -0.338. The first-order chi connectivity index (χ1) is 9.27. The van der Waals surface area contributed by atoms with Crippen LogP contribution >= 0.6 is 22.9 Å². The number of thiazole rings is 1. The van der Waals surface area contributed by atoms with Crippen molar-refractivity contribution in [2.45, 2.75) is 45.6 Å². The molecule has 0 aliphatic rings. The summed E-state index contributed by atoms with van der Waals surface area (Å²) in [5, 5.41) is 1.88. The summed E-state index contributed by atoms with van der Waals surface area (Å²) in [6.07, 6.45) is 0.831. The third-order valence-electron chi connectivity index (χ3n) is 3.10. The quantitative estimate of drug-likeness (QED) is 0.888. The second-order valence-corrected chi connectivity index (χ2v) is 7.52. The van der Waals surface area contributed by atoms with Crippen molar-refractivity contribution in [1.29, 1.82) is 0 Å². The number of hydrogen-bond acceptors (Lipinski definition) is 3. The molecule has 0 bridgehead atoms. The van der Waals surface area contributed by atoms with Crippen molar-refractivity contribution in [3.05, 3.63) is 50.4 Å². The van der Waals surface area contributed by atoms with E-state index in [9.17, 15) is 0 Å². The molecule has 20 heavy (non-hydrogen) atoms. The molecule has 2 aromatic rings. The van der Waals surface area contributed by atoms with E-state index in [1.54, 1.807) is 11.3 Å². The van der Waals surface area contributed by atoms with Crippen molar-refractivity contribution in [3.63, 3.8) is 0 Å². The van der Waals surface area contributed by atoms with Gasteiger partial charge in [0.15, 0.2) is 0 Å². The van der Waals surface area contributed by atoms with E-state index in [4.69, 9.17) is 22.3 Å². The Labute approximate surface area is 130 Å². The topological polar surface area (TPSA) is 38.9 Å². The van der Waals surface area contributed by atoms with Crippen LogP contribution in [0.5, 0.6) is 0 Å². The molecule has 0 aliphatic carbocycles. The van der Waals surface area contributed by atoms with Crippen molar-refractivity contribution in [3.8, 4) is 0 Å². The molecule has 2 nitrogen and oxygen atoms in total. The summed E-state index contributed by atoms with van der Waals surface area (Å²) in [4.78, 5) is 5.99. The SMILES string of the molecule is CC(C)c1nc(Cc2ccc(Cl)cc2)sc1C(C)(C)N. The Morgan fingerprint density at radius 1 is 1.25 bits per heavy atom. The first kappa shape index (κ1) is 15.5. The molecule has 4 heteroatoms. The van der Waals surface area contributed by atoms with Crippen LogP contribution in [0.25, 0.3) is 0 Å². The molecule has 0 unspecified atom stereocenters. The molecule has 0 saturated heterocycles. The predicted molar refractivity (Wildman–Crippen MR) is 87.7 cm³/mol. The van der Waals surface area contributed by atoms with E-state index in [0.29, 0.717) is 5.92 Å². The highest BCUT2D eigenvalue weighted by molar-refractivity contribution is 7.12. The van der Waals surface area contributed by atoms with Gasteiger partial charge < -0.3 is 5.73 Å². The first-order valence-electron chi connectivity index (χ1n) is 6.80. The number of benzene rings is 1. The van der Waals surface area contributed by atoms with Gasteiger partial charge in [0.2, 0.25) is 0 Å². The molecule has 2 N–H and O–H groups in total. The van der Waals surface area contributed by atoms with Gasteiger partial charge in [-0.2, -0.15) is 0 Å².